The van der Waals surface area contributed by atoms with Gasteiger partial charge in [-0.05, 0) is 12.5 Å². The number of hydrogen-bond acceptors (Lipinski definition) is 5. The first-order valence-electron chi connectivity index (χ1n) is 8.07. The van der Waals surface area contributed by atoms with Gasteiger partial charge in [0.2, 0.25) is 0 Å². The van der Waals surface area contributed by atoms with Crippen molar-refractivity contribution in [3.8, 4) is 0 Å². The van der Waals surface area contributed by atoms with Crippen LogP contribution in [-0.4, -0.2) is 61.7 Å². The number of aromatic nitrogens is 1. The lowest BCUT2D eigenvalue weighted by Crippen LogP contribution is -2.39. The zero-order valence-corrected chi connectivity index (χ0v) is 13.3. The fourth-order valence-corrected chi connectivity index (χ4v) is 2.32. The molecule has 0 bridgehead atoms. The van der Waals surface area contributed by atoms with Crippen LogP contribution in [-0.2, 0) is 4.74 Å². The number of anilines is 1. The second-order valence-electron chi connectivity index (χ2n) is 5.45. The predicted molar refractivity (Wildman–Crippen MR) is 87.2 cm³/mol. The Morgan fingerprint density at radius 1 is 1.32 bits per heavy atom. The zero-order valence-electron chi connectivity index (χ0n) is 13.3. The molecular formula is C16H26N4O2. The van der Waals surface area contributed by atoms with Crippen LogP contribution in [0.25, 0.3) is 0 Å². The first-order chi connectivity index (χ1) is 10.8. The smallest absolute Gasteiger partial charge is 0.252 e. The van der Waals surface area contributed by atoms with Gasteiger partial charge in [0.05, 0.1) is 24.5 Å². The number of pyridine rings is 1. The molecule has 0 spiro atoms. The van der Waals surface area contributed by atoms with Gasteiger partial charge < -0.3 is 15.4 Å². The fourth-order valence-electron chi connectivity index (χ4n) is 2.32. The van der Waals surface area contributed by atoms with Crippen LogP contribution in [0.5, 0.6) is 0 Å². The molecule has 2 heterocycles. The van der Waals surface area contributed by atoms with Crippen molar-refractivity contribution in [1.29, 1.82) is 0 Å². The normalized spacial score (nSPS) is 15.5. The molecule has 2 rings (SSSR count). The van der Waals surface area contributed by atoms with E-state index in [4.69, 9.17) is 4.74 Å². The average molecular weight is 306 g/mol. The number of rotatable bonds is 8. The number of amides is 1. The Morgan fingerprint density at radius 3 is 2.91 bits per heavy atom. The molecule has 1 aliphatic heterocycles. The van der Waals surface area contributed by atoms with E-state index in [0.717, 1.165) is 57.9 Å². The topological polar surface area (TPSA) is 66.5 Å². The molecule has 0 radical (unpaired) electrons. The monoisotopic (exact) mass is 306 g/mol. The van der Waals surface area contributed by atoms with Crippen LogP contribution < -0.4 is 10.6 Å². The van der Waals surface area contributed by atoms with E-state index in [0.29, 0.717) is 12.1 Å². The minimum absolute atomic E-state index is 0.0576. The molecule has 0 aliphatic carbocycles. The first kappa shape index (κ1) is 16.7. The van der Waals surface area contributed by atoms with E-state index in [1.54, 1.807) is 12.4 Å². The van der Waals surface area contributed by atoms with Gasteiger partial charge in [0, 0.05) is 45.1 Å². The van der Waals surface area contributed by atoms with E-state index in [1.165, 1.54) is 0 Å². The highest BCUT2D eigenvalue weighted by molar-refractivity contribution is 5.94. The lowest BCUT2D eigenvalue weighted by molar-refractivity contribution is 0.0398. The Balaban J connectivity index is 1.76. The Labute approximate surface area is 132 Å². The summed E-state index contributed by atoms with van der Waals surface area (Å²) < 4.78 is 5.33. The van der Waals surface area contributed by atoms with Crippen LogP contribution in [0, 0.1) is 0 Å². The third-order valence-electron chi connectivity index (χ3n) is 3.68. The number of morpholine rings is 1. The molecule has 122 valence electrons. The van der Waals surface area contributed by atoms with E-state index in [-0.39, 0.29) is 5.91 Å². The molecule has 1 aromatic rings. The number of ether oxygens (including phenoxy) is 1. The molecular weight excluding hydrogens is 280 g/mol. The Morgan fingerprint density at radius 2 is 2.14 bits per heavy atom. The van der Waals surface area contributed by atoms with Crippen molar-refractivity contribution in [1.82, 2.24) is 15.2 Å². The van der Waals surface area contributed by atoms with Crippen molar-refractivity contribution in [2.24, 2.45) is 0 Å². The number of carbonyl (C=O) groups excluding carboxylic acids is 1. The van der Waals surface area contributed by atoms with Gasteiger partial charge in [-0.2, -0.15) is 0 Å². The van der Waals surface area contributed by atoms with Gasteiger partial charge in [-0.15, -0.1) is 0 Å². The minimum Gasteiger partial charge on any atom is -0.382 e. The summed E-state index contributed by atoms with van der Waals surface area (Å²) in [5.41, 5.74) is 1.49. The third kappa shape index (κ3) is 5.61. The largest absolute Gasteiger partial charge is 0.382 e. The summed E-state index contributed by atoms with van der Waals surface area (Å²) in [6.07, 6.45) is 5.43. The molecule has 6 nitrogen and oxygen atoms in total. The maximum absolute atomic E-state index is 12.0. The van der Waals surface area contributed by atoms with Crippen LogP contribution in [0.15, 0.2) is 18.5 Å². The van der Waals surface area contributed by atoms with Crippen molar-refractivity contribution >= 4 is 11.6 Å². The van der Waals surface area contributed by atoms with E-state index in [9.17, 15) is 4.79 Å². The van der Waals surface area contributed by atoms with Gasteiger partial charge in [-0.3, -0.25) is 14.7 Å². The van der Waals surface area contributed by atoms with Crippen LogP contribution in [0.4, 0.5) is 5.69 Å². The highest BCUT2D eigenvalue weighted by atomic mass is 16.5. The van der Waals surface area contributed by atoms with E-state index >= 15 is 0 Å². The second kappa shape index (κ2) is 9.38. The summed E-state index contributed by atoms with van der Waals surface area (Å²) in [7, 11) is 0. The maximum Gasteiger partial charge on any atom is 0.252 e. The van der Waals surface area contributed by atoms with Gasteiger partial charge in [0.25, 0.3) is 5.91 Å². The predicted octanol–water partition coefficient (Wildman–Crippen LogP) is 1.36. The molecule has 1 fully saturated rings. The number of nitrogens with one attached hydrogen (secondary N) is 2. The summed E-state index contributed by atoms with van der Waals surface area (Å²) in [5, 5.41) is 6.24. The standard InChI is InChI=1S/C16H26N4O2/c1-2-3-4-19-16(21)14-11-15(13-17-12-14)18-5-6-20-7-9-22-10-8-20/h11-13,18H,2-10H2,1H3,(H,19,21). The van der Waals surface area contributed by atoms with Crippen LogP contribution in [0.3, 0.4) is 0 Å². The molecule has 1 aliphatic rings. The van der Waals surface area contributed by atoms with Gasteiger partial charge in [-0.25, -0.2) is 0 Å². The lowest BCUT2D eigenvalue weighted by atomic mass is 10.2. The molecule has 0 unspecified atom stereocenters. The molecule has 0 aromatic carbocycles. The summed E-state index contributed by atoms with van der Waals surface area (Å²) in [5.74, 6) is -0.0576. The molecule has 6 heteroatoms. The fraction of sp³-hybridized carbons (Fsp3) is 0.625. The molecule has 1 aromatic heterocycles. The first-order valence-corrected chi connectivity index (χ1v) is 8.07. The number of nitrogens with zero attached hydrogens (tertiary/aromatic N) is 2. The van der Waals surface area contributed by atoms with Crippen LogP contribution >= 0.6 is 0 Å². The Kier molecular flexibility index (Phi) is 7.12. The van der Waals surface area contributed by atoms with Crippen molar-refractivity contribution in [2.75, 3.05) is 51.3 Å². The summed E-state index contributed by atoms with van der Waals surface area (Å²) in [4.78, 5) is 18.5. The van der Waals surface area contributed by atoms with E-state index in [2.05, 4.69) is 27.4 Å². The van der Waals surface area contributed by atoms with Crippen molar-refractivity contribution < 1.29 is 9.53 Å². The quantitative estimate of drug-likeness (QED) is 0.710. The highest BCUT2D eigenvalue weighted by Gasteiger charge is 2.10. The summed E-state index contributed by atoms with van der Waals surface area (Å²) in [6.45, 7) is 8.22. The third-order valence-corrected chi connectivity index (χ3v) is 3.68. The van der Waals surface area contributed by atoms with Crippen molar-refractivity contribution in [2.45, 2.75) is 19.8 Å². The van der Waals surface area contributed by atoms with Gasteiger partial charge in [0.1, 0.15) is 0 Å². The maximum atomic E-state index is 12.0. The van der Waals surface area contributed by atoms with Crippen LogP contribution in [0.1, 0.15) is 30.1 Å². The van der Waals surface area contributed by atoms with Crippen molar-refractivity contribution in [3.05, 3.63) is 24.0 Å². The summed E-state index contributed by atoms with van der Waals surface area (Å²) in [6, 6.07) is 1.85. The Hall–Kier alpha value is -1.66. The van der Waals surface area contributed by atoms with E-state index < -0.39 is 0 Å². The molecule has 0 atom stereocenters. The van der Waals surface area contributed by atoms with Gasteiger partial charge >= 0.3 is 0 Å². The average Bonchev–Trinajstić information content (AvgIpc) is 2.56. The minimum atomic E-state index is -0.0576. The number of hydrogen-bond donors (Lipinski definition) is 2. The summed E-state index contributed by atoms with van der Waals surface area (Å²) >= 11 is 0. The molecule has 0 saturated carbocycles. The van der Waals surface area contributed by atoms with Crippen LogP contribution in [0.2, 0.25) is 0 Å². The molecule has 22 heavy (non-hydrogen) atoms. The molecule has 1 saturated heterocycles. The second-order valence-corrected chi connectivity index (χ2v) is 5.45. The lowest BCUT2D eigenvalue weighted by Gasteiger charge is -2.26. The Bertz CT molecular complexity index is 461. The molecule has 1 amide bonds. The van der Waals surface area contributed by atoms with E-state index in [1.807, 2.05) is 6.07 Å². The zero-order chi connectivity index (χ0) is 15.6. The highest BCUT2D eigenvalue weighted by Crippen LogP contribution is 2.08. The van der Waals surface area contributed by atoms with Gasteiger partial charge in [0.15, 0.2) is 0 Å². The van der Waals surface area contributed by atoms with Gasteiger partial charge in [-0.1, -0.05) is 13.3 Å². The molecule has 2 N–H and O–H groups in total. The SMILES string of the molecule is CCCCNC(=O)c1cncc(NCCN2CCOCC2)c1. The number of unbranched alkanes of at least 4 members (excludes halogenated alkanes) is 1. The van der Waals surface area contributed by atoms with Crippen molar-refractivity contribution in [3.63, 3.8) is 0 Å². The number of carbonyl (C=O) groups is 1.